The lowest BCUT2D eigenvalue weighted by atomic mass is 9.98. The van der Waals surface area contributed by atoms with Crippen LogP contribution >= 0.6 is 0 Å². The molecule has 1 rings (SSSR count). The van der Waals surface area contributed by atoms with Gasteiger partial charge in [0, 0.05) is 0 Å². The molecule has 2 unspecified atom stereocenters. The number of ether oxygens (including phenoxy) is 1. The topological polar surface area (TPSA) is 43.4 Å². The molecule has 3 nitrogen and oxygen atoms in total. The molecule has 1 aromatic carbocycles. The van der Waals surface area contributed by atoms with E-state index < -0.39 is 23.8 Å². The molecule has 0 radical (unpaired) electrons. The monoisotopic (exact) mass is 252 g/mol. The number of carbonyl (C=O) groups excluding carboxylic acids is 2. The second-order valence-electron chi connectivity index (χ2n) is 4.38. The zero-order valence-electron chi connectivity index (χ0n) is 10.7. The number of hydrogen-bond donors (Lipinski definition) is 0. The van der Waals surface area contributed by atoms with Crippen LogP contribution in [0.5, 0.6) is 0 Å². The first kappa shape index (κ1) is 14.4. The molecule has 18 heavy (non-hydrogen) atoms. The molecule has 98 valence electrons. The average Bonchev–Trinajstić information content (AvgIpc) is 2.36. The summed E-state index contributed by atoms with van der Waals surface area (Å²) in [5, 5.41) is 0. The van der Waals surface area contributed by atoms with Gasteiger partial charge < -0.3 is 4.74 Å². The van der Waals surface area contributed by atoms with Gasteiger partial charge in [-0.25, -0.2) is 4.39 Å². The maximum atomic E-state index is 13.9. The highest BCUT2D eigenvalue weighted by Gasteiger charge is 2.31. The molecule has 2 atom stereocenters. The van der Waals surface area contributed by atoms with Crippen molar-refractivity contribution in [3.63, 3.8) is 0 Å². The third-order valence-electron chi connectivity index (χ3n) is 2.47. The van der Waals surface area contributed by atoms with Crippen LogP contribution in [0.2, 0.25) is 0 Å². The van der Waals surface area contributed by atoms with E-state index in [1.165, 1.54) is 19.1 Å². The SMILES string of the molecule is CC(C)OC(=O)C(C)C(=O)C(F)c1ccccc1. The van der Waals surface area contributed by atoms with Gasteiger partial charge in [0.2, 0.25) is 0 Å². The van der Waals surface area contributed by atoms with Crippen LogP contribution in [-0.4, -0.2) is 17.9 Å². The van der Waals surface area contributed by atoms with Crippen LogP contribution in [0.15, 0.2) is 30.3 Å². The van der Waals surface area contributed by atoms with Crippen molar-refractivity contribution >= 4 is 11.8 Å². The van der Waals surface area contributed by atoms with Gasteiger partial charge in [-0.2, -0.15) is 0 Å². The Morgan fingerprint density at radius 3 is 2.17 bits per heavy atom. The van der Waals surface area contributed by atoms with Gasteiger partial charge >= 0.3 is 5.97 Å². The fourth-order valence-corrected chi connectivity index (χ4v) is 1.46. The van der Waals surface area contributed by atoms with Gasteiger partial charge in [-0.3, -0.25) is 9.59 Å². The summed E-state index contributed by atoms with van der Waals surface area (Å²) >= 11 is 0. The summed E-state index contributed by atoms with van der Waals surface area (Å²) < 4.78 is 18.8. The number of carbonyl (C=O) groups is 2. The third kappa shape index (κ3) is 3.65. The van der Waals surface area contributed by atoms with Crippen molar-refractivity contribution in [1.29, 1.82) is 0 Å². The minimum absolute atomic E-state index is 0.256. The highest BCUT2D eigenvalue weighted by molar-refractivity contribution is 6.01. The molecule has 1 aromatic rings. The van der Waals surface area contributed by atoms with Crippen molar-refractivity contribution in [1.82, 2.24) is 0 Å². The molecule has 0 fully saturated rings. The number of rotatable bonds is 5. The van der Waals surface area contributed by atoms with E-state index in [9.17, 15) is 14.0 Å². The van der Waals surface area contributed by atoms with Gasteiger partial charge in [-0.1, -0.05) is 30.3 Å². The van der Waals surface area contributed by atoms with Crippen LogP contribution in [0.1, 0.15) is 32.5 Å². The molecule has 0 aliphatic heterocycles. The highest BCUT2D eigenvalue weighted by atomic mass is 19.1. The highest BCUT2D eigenvalue weighted by Crippen LogP contribution is 2.22. The van der Waals surface area contributed by atoms with E-state index in [2.05, 4.69) is 0 Å². The fraction of sp³-hybridized carbons (Fsp3) is 0.429. The molecule has 0 N–H and O–H groups in total. The van der Waals surface area contributed by atoms with Crippen molar-refractivity contribution in [3.05, 3.63) is 35.9 Å². The number of benzene rings is 1. The van der Waals surface area contributed by atoms with Crippen molar-refractivity contribution in [2.45, 2.75) is 33.0 Å². The summed E-state index contributed by atoms with van der Waals surface area (Å²) in [6, 6.07) is 8.06. The van der Waals surface area contributed by atoms with Crippen LogP contribution in [-0.2, 0) is 14.3 Å². The molecular formula is C14H17FO3. The van der Waals surface area contributed by atoms with Crippen LogP contribution in [0, 0.1) is 5.92 Å². The van der Waals surface area contributed by atoms with E-state index in [-0.39, 0.29) is 11.7 Å². The summed E-state index contributed by atoms with van der Waals surface area (Å²) in [5.41, 5.74) is 0.256. The standard InChI is InChI=1S/C14H17FO3/c1-9(2)18-14(17)10(3)13(16)12(15)11-7-5-4-6-8-11/h4-10,12H,1-3H3. The molecule has 0 saturated heterocycles. The Morgan fingerprint density at radius 2 is 1.67 bits per heavy atom. The number of halogens is 1. The Labute approximate surface area is 106 Å². The second-order valence-corrected chi connectivity index (χ2v) is 4.38. The maximum absolute atomic E-state index is 13.9. The Balaban J connectivity index is 2.72. The lowest BCUT2D eigenvalue weighted by molar-refractivity contribution is -0.155. The van der Waals surface area contributed by atoms with Gasteiger partial charge in [-0.15, -0.1) is 0 Å². The number of alkyl halides is 1. The van der Waals surface area contributed by atoms with Gasteiger partial charge in [0.1, 0.15) is 5.92 Å². The number of esters is 1. The van der Waals surface area contributed by atoms with E-state index >= 15 is 0 Å². The number of Topliss-reactive ketones (excluding diaryl/α,β-unsaturated/α-hetero) is 1. The molecule has 0 bridgehead atoms. The first-order chi connectivity index (χ1) is 8.43. The minimum atomic E-state index is -1.79. The largest absolute Gasteiger partial charge is 0.462 e. The average molecular weight is 252 g/mol. The minimum Gasteiger partial charge on any atom is -0.462 e. The van der Waals surface area contributed by atoms with Crippen molar-refractivity contribution in [2.24, 2.45) is 5.92 Å². The Bertz CT molecular complexity index is 414. The van der Waals surface area contributed by atoms with Gasteiger partial charge in [0.15, 0.2) is 12.0 Å². The van der Waals surface area contributed by atoms with Gasteiger partial charge in [0.25, 0.3) is 0 Å². The van der Waals surface area contributed by atoms with Crippen LogP contribution < -0.4 is 0 Å². The first-order valence-electron chi connectivity index (χ1n) is 5.86. The second kappa shape index (κ2) is 6.28. The van der Waals surface area contributed by atoms with Crippen LogP contribution in [0.3, 0.4) is 0 Å². The summed E-state index contributed by atoms with van der Waals surface area (Å²) in [6.45, 7) is 4.72. The lowest BCUT2D eigenvalue weighted by Gasteiger charge is -2.15. The Kier molecular flexibility index (Phi) is 5.01. The zero-order valence-corrected chi connectivity index (χ0v) is 10.7. The van der Waals surface area contributed by atoms with Crippen LogP contribution in [0.25, 0.3) is 0 Å². The predicted octanol–water partition coefficient (Wildman–Crippen LogP) is 2.85. The molecule has 0 aliphatic carbocycles. The molecule has 4 heteroatoms. The summed E-state index contributed by atoms with van der Waals surface area (Å²) in [6.07, 6.45) is -2.11. The Morgan fingerprint density at radius 1 is 1.11 bits per heavy atom. The molecule has 0 amide bonds. The molecule has 0 aromatic heterocycles. The maximum Gasteiger partial charge on any atom is 0.316 e. The van der Waals surface area contributed by atoms with E-state index in [1.54, 1.807) is 32.0 Å². The van der Waals surface area contributed by atoms with E-state index in [0.29, 0.717) is 0 Å². The van der Waals surface area contributed by atoms with Gasteiger partial charge in [0.05, 0.1) is 6.10 Å². The predicted molar refractivity (Wildman–Crippen MR) is 65.7 cm³/mol. The van der Waals surface area contributed by atoms with E-state index in [0.717, 1.165) is 0 Å². The summed E-state index contributed by atoms with van der Waals surface area (Å²) in [7, 11) is 0. The van der Waals surface area contributed by atoms with E-state index in [4.69, 9.17) is 4.74 Å². The normalized spacial score (nSPS) is 14.1. The summed E-state index contributed by atoms with van der Waals surface area (Å²) in [5.74, 6) is -2.55. The van der Waals surface area contributed by atoms with Crippen LogP contribution in [0.4, 0.5) is 4.39 Å². The fourth-order valence-electron chi connectivity index (χ4n) is 1.46. The molecular weight excluding hydrogens is 235 g/mol. The smallest absolute Gasteiger partial charge is 0.316 e. The van der Waals surface area contributed by atoms with Gasteiger partial charge in [-0.05, 0) is 26.3 Å². The van der Waals surface area contributed by atoms with E-state index in [1.807, 2.05) is 0 Å². The molecule has 0 heterocycles. The van der Waals surface area contributed by atoms with Crippen molar-refractivity contribution in [2.75, 3.05) is 0 Å². The lowest BCUT2D eigenvalue weighted by Crippen LogP contribution is -2.28. The summed E-state index contributed by atoms with van der Waals surface area (Å²) in [4.78, 5) is 23.3. The Hall–Kier alpha value is -1.71. The molecule has 0 aliphatic rings. The van der Waals surface area contributed by atoms with Crippen molar-refractivity contribution < 1.29 is 18.7 Å². The number of hydrogen-bond acceptors (Lipinski definition) is 3. The number of ketones is 1. The zero-order chi connectivity index (χ0) is 13.7. The third-order valence-corrected chi connectivity index (χ3v) is 2.47. The first-order valence-corrected chi connectivity index (χ1v) is 5.86. The molecule has 0 spiro atoms. The van der Waals surface area contributed by atoms with Crippen molar-refractivity contribution in [3.8, 4) is 0 Å². The quantitative estimate of drug-likeness (QED) is 0.598. The molecule has 0 saturated carbocycles.